The minimum Gasteiger partial charge on any atom is -0.399 e. The Morgan fingerprint density at radius 2 is 2.45 bits per heavy atom. The molecule has 0 saturated heterocycles. The van der Waals surface area contributed by atoms with Crippen molar-refractivity contribution in [3.8, 4) is 0 Å². The second kappa shape index (κ2) is 6.46. The zero-order chi connectivity index (χ0) is 15.4. The smallest absolute Gasteiger partial charge is 0.136 e. The largest absolute Gasteiger partial charge is 0.399 e. The second-order valence-electron chi connectivity index (χ2n) is 5.09. The highest BCUT2D eigenvalue weighted by molar-refractivity contribution is 5.62. The summed E-state index contributed by atoms with van der Waals surface area (Å²) in [5.74, 6) is 0. The minimum atomic E-state index is 0.271. The zero-order valence-electron chi connectivity index (χ0n) is 12.8. The van der Waals surface area contributed by atoms with E-state index in [0.717, 1.165) is 34.8 Å². The standard InChI is InChI=1S/C15H20N6O/c1-3-12(4-7-20-22-2)21-9-11(8-19-21)14-13-5-6-16-15(13)18-10-17-14/h5-9,12,17H,3-4,10H2,1-2H3,(H,16,18)/b20-7+. The molecule has 7 nitrogen and oxygen atoms in total. The Balaban J connectivity index is 1.90. The molecule has 2 aromatic rings. The van der Waals surface area contributed by atoms with Crippen molar-refractivity contribution in [1.29, 1.82) is 0 Å². The van der Waals surface area contributed by atoms with Crippen LogP contribution in [0, 0.1) is 0 Å². The molecule has 1 aliphatic heterocycles. The summed E-state index contributed by atoms with van der Waals surface area (Å²) in [6.45, 7) is 2.72. The Morgan fingerprint density at radius 1 is 1.55 bits per heavy atom. The van der Waals surface area contributed by atoms with Gasteiger partial charge < -0.3 is 15.1 Å². The Bertz CT molecular complexity index is 772. The summed E-state index contributed by atoms with van der Waals surface area (Å²) < 4.78 is 1.99. The van der Waals surface area contributed by atoms with Crippen LogP contribution in [0.5, 0.6) is 0 Å². The first-order valence-corrected chi connectivity index (χ1v) is 7.39. The first-order valence-electron chi connectivity index (χ1n) is 7.39. The lowest BCUT2D eigenvalue weighted by Gasteiger charge is -2.13. The van der Waals surface area contributed by atoms with Gasteiger partial charge in [0.1, 0.15) is 19.3 Å². The summed E-state index contributed by atoms with van der Waals surface area (Å²) in [4.78, 5) is 12.3. The van der Waals surface area contributed by atoms with Crippen molar-refractivity contribution in [2.75, 3.05) is 13.8 Å². The molecule has 0 bridgehead atoms. The maximum Gasteiger partial charge on any atom is 0.136 e. The SMILES string of the molecule is CCC(C/C=N/OC)n1cc(C2=c3cc[nH]c3=NCN2)cn1. The predicted octanol–water partition coefficient (Wildman–Crippen LogP) is 0.521. The molecule has 0 aliphatic carbocycles. The fraction of sp³-hybridized carbons (Fsp3) is 0.400. The number of rotatable bonds is 6. The van der Waals surface area contributed by atoms with E-state index in [-0.39, 0.29) is 6.04 Å². The molecule has 1 unspecified atom stereocenters. The normalized spacial score (nSPS) is 15.3. The summed E-state index contributed by atoms with van der Waals surface area (Å²) in [6.07, 6.45) is 9.41. The fourth-order valence-corrected chi connectivity index (χ4v) is 2.61. The van der Waals surface area contributed by atoms with Gasteiger partial charge in [-0.25, -0.2) is 4.99 Å². The molecule has 1 aliphatic rings. The van der Waals surface area contributed by atoms with Crippen molar-refractivity contribution in [2.24, 2.45) is 10.1 Å². The summed E-state index contributed by atoms with van der Waals surface area (Å²) in [5.41, 5.74) is 3.05. The molecule has 0 saturated carbocycles. The molecule has 3 rings (SSSR count). The van der Waals surface area contributed by atoms with Gasteiger partial charge in [-0.05, 0) is 12.5 Å². The lowest BCUT2D eigenvalue weighted by molar-refractivity contribution is 0.214. The molecule has 22 heavy (non-hydrogen) atoms. The van der Waals surface area contributed by atoms with Crippen molar-refractivity contribution in [3.63, 3.8) is 0 Å². The van der Waals surface area contributed by atoms with Crippen LogP contribution in [0.15, 0.2) is 34.8 Å². The predicted molar refractivity (Wildman–Crippen MR) is 83.8 cm³/mol. The van der Waals surface area contributed by atoms with Gasteiger partial charge in [0.2, 0.25) is 0 Å². The second-order valence-corrected chi connectivity index (χ2v) is 5.09. The van der Waals surface area contributed by atoms with Gasteiger partial charge in [0.25, 0.3) is 0 Å². The molecule has 0 amide bonds. The van der Waals surface area contributed by atoms with Crippen LogP contribution < -0.4 is 16.0 Å². The van der Waals surface area contributed by atoms with Crippen molar-refractivity contribution in [3.05, 3.63) is 40.9 Å². The zero-order valence-corrected chi connectivity index (χ0v) is 12.8. The van der Waals surface area contributed by atoms with Crippen LogP contribution in [0.3, 0.4) is 0 Å². The van der Waals surface area contributed by atoms with Crippen molar-refractivity contribution >= 4 is 11.9 Å². The van der Waals surface area contributed by atoms with Crippen LogP contribution in [0.4, 0.5) is 0 Å². The Hall–Kier alpha value is -2.57. The van der Waals surface area contributed by atoms with Gasteiger partial charge >= 0.3 is 0 Å². The van der Waals surface area contributed by atoms with E-state index in [1.165, 1.54) is 0 Å². The number of oxime groups is 1. The number of aromatic amines is 1. The lowest BCUT2D eigenvalue weighted by Crippen LogP contribution is -2.37. The molecule has 0 spiro atoms. The van der Waals surface area contributed by atoms with E-state index in [9.17, 15) is 0 Å². The lowest BCUT2D eigenvalue weighted by atomic mass is 10.1. The van der Waals surface area contributed by atoms with Crippen molar-refractivity contribution in [2.45, 2.75) is 25.8 Å². The number of nitrogens with zero attached hydrogens (tertiary/aromatic N) is 4. The third-order valence-corrected chi connectivity index (χ3v) is 3.78. The van der Waals surface area contributed by atoms with E-state index in [2.05, 4.69) is 38.7 Å². The van der Waals surface area contributed by atoms with E-state index in [4.69, 9.17) is 4.84 Å². The van der Waals surface area contributed by atoms with Crippen LogP contribution in [-0.2, 0) is 4.84 Å². The van der Waals surface area contributed by atoms with Crippen LogP contribution in [0.25, 0.3) is 5.70 Å². The molecule has 1 atom stereocenters. The quantitative estimate of drug-likeness (QED) is 0.603. The van der Waals surface area contributed by atoms with E-state index in [1.807, 2.05) is 23.1 Å². The summed E-state index contributed by atoms with van der Waals surface area (Å²) in [6, 6.07) is 2.30. The van der Waals surface area contributed by atoms with Gasteiger partial charge in [0, 0.05) is 35.8 Å². The first-order chi connectivity index (χ1) is 10.8. The maximum atomic E-state index is 4.71. The topological polar surface area (TPSA) is 79.6 Å². The average molecular weight is 300 g/mol. The summed E-state index contributed by atoms with van der Waals surface area (Å²) in [7, 11) is 1.55. The number of H-pyrrole nitrogens is 1. The first kappa shape index (κ1) is 14.4. The van der Waals surface area contributed by atoms with E-state index < -0.39 is 0 Å². The average Bonchev–Trinajstić information content (AvgIpc) is 3.20. The third-order valence-electron chi connectivity index (χ3n) is 3.78. The van der Waals surface area contributed by atoms with Crippen LogP contribution in [0.2, 0.25) is 0 Å². The highest BCUT2D eigenvalue weighted by Crippen LogP contribution is 2.17. The van der Waals surface area contributed by atoms with E-state index in [0.29, 0.717) is 6.67 Å². The molecule has 2 N–H and O–H groups in total. The highest BCUT2D eigenvalue weighted by atomic mass is 16.6. The maximum absolute atomic E-state index is 4.71. The van der Waals surface area contributed by atoms with Gasteiger partial charge in [-0.3, -0.25) is 4.68 Å². The molecule has 2 aromatic heterocycles. The number of hydrogen-bond donors (Lipinski definition) is 2. The molecule has 116 valence electrons. The number of nitrogens with one attached hydrogen (secondary N) is 2. The van der Waals surface area contributed by atoms with Gasteiger partial charge in [-0.2, -0.15) is 5.10 Å². The van der Waals surface area contributed by atoms with Crippen molar-refractivity contribution in [1.82, 2.24) is 20.1 Å². The molecule has 0 fully saturated rings. The van der Waals surface area contributed by atoms with Gasteiger partial charge in [0.15, 0.2) is 0 Å². The monoisotopic (exact) mass is 300 g/mol. The molecular formula is C15H20N6O. The van der Waals surface area contributed by atoms with E-state index >= 15 is 0 Å². The molecular weight excluding hydrogens is 280 g/mol. The number of fused-ring (bicyclic) bond motifs is 1. The summed E-state index contributed by atoms with van der Waals surface area (Å²) in [5, 5.41) is 12.7. The Morgan fingerprint density at radius 3 is 3.27 bits per heavy atom. The number of aromatic nitrogens is 3. The molecule has 0 radical (unpaired) electrons. The number of hydrogen-bond acceptors (Lipinski definition) is 5. The van der Waals surface area contributed by atoms with Gasteiger partial charge in [-0.15, -0.1) is 0 Å². The Kier molecular flexibility index (Phi) is 4.22. The minimum absolute atomic E-state index is 0.271. The Labute approximate surface area is 128 Å². The van der Waals surface area contributed by atoms with Gasteiger partial charge in [-0.1, -0.05) is 12.1 Å². The van der Waals surface area contributed by atoms with Crippen LogP contribution in [-0.4, -0.2) is 34.8 Å². The fourth-order valence-electron chi connectivity index (χ4n) is 2.61. The third kappa shape index (κ3) is 2.74. The molecule has 3 heterocycles. The van der Waals surface area contributed by atoms with Gasteiger partial charge in [0.05, 0.1) is 17.9 Å². The molecule has 0 aromatic carbocycles. The summed E-state index contributed by atoms with van der Waals surface area (Å²) >= 11 is 0. The van der Waals surface area contributed by atoms with E-state index in [1.54, 1.807) is 13.3 Å². The molecule has 7 heteroatoms. The van der Waals surface area contributed by atoms with Crippen molar-refractivity contribution < 1.29 is 4.84 Å². The van der Waals surface area contributed by atoms with Crippen LogP contribution in [0.1, 0.15) is 31.4 Å². The highest BCUT2D eigenvalue weighted by Gasteiger charge is 2.13. The van der Waals surface area contributed by atoms with Crippen LogP contribution >= 0.6 is 0 Å².